The van der Waals surface area contributed by atoms with Gasteiger partial charge in [0.15, 0.2) is 0 Å². The van der Waals surface area contributed by atoms with E-state index in [1.807, 2.05) is 24.8 Å². The average Bonchev–Trinajstić information content (AvgIpc) is 2.83. The summed E-state index contributed by atoms with van der Waals surface area (Å²) in [6.45, 7) is 7.12. The zero-order chi connectivity index (χ0) is 24.5. The van der Waals surface area contributed by atoms with Gasteiger partial charge in [0.25, 0.3) is 0 Å². The zero-order valence-electron chi connectivity index (χ0n) is 20.2. The third kappa shape index (κ3) is 4.85. The van der Waals surface area contributed by atoms with Gasteiger partial charge in [-0.1, -0.05) is 6.42 Å². The van der Waals surface area contributed by atoms with Crippen molar-refractivity contribution in [3.63, 3.8) is 0 Å². The van der Waals surface area contributed by atoms with Crippen LogP contribution >= 0.6 is 0 Å². The van der Waals surface area contributed by atoms with Gasteiger partial charge in [-0.15, -0.1) is 0 Å². The fraction of sp³-hybridized carbons (Fsp3) is 0.577. The predicted molar refractivity (Wildman–Crippen MR) is 129 cm³/mol. The van der Waals surface area contributed by atoms with Crippen LogP contribution in [0.3, 0.4) is 0 Å². The molecule has 1 amide bonds. The van der Waals surface area contributed by atoms with E-state index >= 15 is 0 Å². The number of anilines is 1. The number of fused-ring (bicyclic) bond motifs is 1. The van der Waals surface area contributed by atoms with Gasteiger partial charge < -0.3 is 10.2 Å². The first-order valence-electron chi connectivity index (χ1n) is 12.1. The van der Waals surface area contributed by atoms with Crippen LogP contribution in [-0.4, -0.2) is 59.5 Å². The Bertz CT molecular complexity index is 1080. The first kappa shape index (κ1) is 24.3. The highest BCUT2D eigenvalue weighted by atomic mass is 19.3. The maximum absolute atomic E-state index is 14.6. The molecule has 34 heavy (non-hydrogen) atoms. The third-order valence-corrected chi connectivity index (χ3v) is 7.41. The molecule has 2 fully saturated rings. The summed E-state index contributed by atoms with van der Waals surface area (Å²) in [6.07, 6.45) is 5.15. The van der Waals surface area contributed by atoms with Gasteiger partial charge in [0.05, 0.1) is 16.6 Å². The number of piperidine rings is 2. The van der Waals surface area contributed by atoms with Gasteiger partial charge in [-0.3, -0.25) is 14.7 Å². The number of hydrogen-bond donors (Lipinski definition) is 1. The highest BCUT2D eigenvalue weighted by molar-refractivity contribution is 5.95. The van der Waals surface area contributed by atoms with Crippen molar-refractivity contribution in [1.29, 1.82) is 5.26 Å². The molecule has 1 N–H and O–H groups in total. The minimum absolute atomic E-state index is 0.120. The summed E-state index contributed by atoms with van der Waals surface area (Å²) in [6, 6.07) is 8.87. The van der Waals surface area contributed by atoms with E-state index in [4.69, 9.17) is 0 Å². The Kier molecular flexibility index (Phi) is 6.77. The number of rotatable bonds is 5. The monoisotopic (exact) mass is 469 g/mol. The smallest absolute Gasteiger partial charge is 0.249 e. The van der Waals surface area contributed by atoms with E-state index < -0.39 is 23.4 Å². The van der Waals surface area contributed by atoms with E-state index in [2.05, 4.69) is 21.3 Å². The Morgan fingerprint density at radius 1 is 1.15 bits per heavy atom. The maximum atomic E-state index is 14.6. The zero-order valence-corrected chi connectivity index (χ0v) is 20.2. The second-order valence-electron chi connectivity index (χ2n) is 10.2. The standard InChI is InChI=1S/C26H33F2N5O/c1-25(2,33-12-5-4-6-13-33)24(34)31-20-14-19(26(3,27)28)16-32(17-20)22-10-9-18(15-29)23-21(22)8-7-11-30-23/h7-11,19-20H,4-6,12-14,16-17H2,1-3H3,(H,31,34)/t19-,20+/m0/s1. The summed E-state index contributed by atoms with van der Waals surface area (Å²) < 4.78 is 29.1. The number of amides is 1. The lowest BCUT2D eigenvalue weighted by atomic mass is 9.88. The summed E-state index contributed by atoms with van der Waals surface area (Å²) in [5.41, 5.74) is 1.06. The Balaban J connectivity index is 1.61. The van der Waals surface area contributed by atoms with Crippen LogP contribution in [0.5, 0.6) is 0 Å². The number of alkyl halides is 2. The summed E-state index contributed by atoms with van der Waals surface area (Å²) in [4.78, 5) is 21.8. The molecule has 182 valence electrons. The highest BCUT2D eigenvalue weighted by Gasteiger charge is 2.43. The Morgan fingerprint density at radius 2 is 1.88 bits per heavy atom. The van der Waals surface area contributed by atoms with Gasteiger partial charge in [-0.05, 0) is 77.4 Å². The van der Waals surface area contributed by atoms with Gasteiger partial charge in [0.1, 0.15) is 6.07 Å². The maximum Gasteiger partial charge on any atom is 0.249 e. The van der Waals surface area contributed by atoms with Gasteiger partial charge in [0, 0.05) is 42.3 Å². The highest BCUT2D eigenvalue weighted by Crippen LogP contribution is 2.36. The second kappa shape index (κ2) is 9.46. The molecule has 0 bridgehead atoms. The summed E-state index contributed by atoms with van der Waals surface area (Å²) in [7, 11) is 0. The van der Waals surface area contributed by atoms with Gasteiger partial charge in [0.2, 0.25) is 11.8 Å². The Morgan fingerprint density at radius 3 is 2.56 bits per heavy atom. The van der Waals surface area contributed by atoms with E-state index in [1.54, 1.807) is 24.4 Å². The number of carbonyl (C=O) groups is 1. The molecule has 1 aromatic carbocycles. The van der Waals surface area contributed by atoms with Gasteiger partial charge in [-0.2, -0.15) is 5.26 Å². The fourth-order valence-electron chi connectivity index (χ4n) is 5.25. The number of nitriles is 1. The molecule has 0 aliphatic carbocycles. The van der Waals surface area contributed by atoms with Gasteiger partial charge in [-0.25, -0.2) is 8.78 Å². The predicted octanol–water partition coefficient (Wildman–Crippen LogP) is 4.34. The molecule has 0 spiro atoms. The van der Waals surface area contributed by atoms with Crippen molar-refractivity contribution in [1.82, 2.24) is 15.2 Å². The largest absolute Gasteiger partial charge is 0.368 e. The molecule has 0 saturated carbocycles. The molecule has 2 atom stereocenters. The van der Waals surface area contributed by atoms with Crippen molar-refractivity contribution >= 4 is 22.5 Å². The van der Waals surface area contributed by atoms with E-state index in [-0.39, 0.29) is 18.9 Å². The Hall–Kier alpha value is -2.79. The van der Waals surface area contributed by atoms with Crippen molar-refractivity contribution < 1.29 is 13.6 Å². The van der Waals surface area contributed by atoms with Crippen LogP contribution in [0.2, 0.25) is 0 Å². The molecular weight excluding hydrogens is 436 g/mol. The van der Waals surface area contributed by atoms with E-state index in [1.165, 1.54) is 6.42 Å². The first-order valence-corrected chi connectivity index (χ1v) is 12.1. The number of benzene rings is 1. The second-order valence-corrected chi connectivity index (χ2v) is 10.2. The third-order valence-electron chi connectivity index (χ3n) is 7.41. The molecule has 2 aliphatic rings. The van der Waals surface area contributed by atoms with Crippen LogP contribution in [0.4, 0.5) is 14.5 Å². The molecule has 2 aromatic rings. The van der Waals surface area contributed by atoms with Crippen LogP contribution in [-0.2, 0) is 4.79 Å². The number of nitrogens with zero attached hydrogens (tertiary/aromatic N) is 4. The van der Waals surface area contributed by atoms with Crippen LogP contribution in [0.25, 0.3) is 10.9 Å². The molecule has 0 unspecified atom stereocenters. The summed E-state index contributed by atoms with van der Waals surface area (Å²) in [5.74, 6) is -3.91. The van der Waals surface area contributed by atoms with Crippen molar-refractivity contribution in [3.05, 3.63) is 36.0 Å². The lowest BCUT2D eigenvalue weighted by Gasteiger charge is -2.44. The number of hydrogen-bond acceptors (Lipinski definition) is 5. The number of aromatic nitrogens is 1. The number of pyridine rings is 1. The lowest BCUT2D eigenvalue weighted by molar-refractivity contribution is -0.133. The van der Waals surface area contributed by atoms with E-state index in [9.17, 15) is 18.8 Å². The van der Waals surface area contributed by atoms with Crippen molar-refractivity contribution in [2.75, 3.05) is 31.1 Å². The molecule has 8 heteroatoms. The first-order chi connectivity index (χ1) is 16.1. The van der Waals surface area contributed by atoms with Crippen molar-refractivity contribution in [2.24, 2.45) is 5.92 Å². The molecule has 2 aliphatic heterocycles. The van der Waals surface area contributed by atoms with Crippen LogP contribution < -0.4 is 10.2 Å². The molecular formula is C26H33F2N5O. The normalized spacial score (nSPS) is 22.4. The molecule has 1 aromatic heterocycles. The minimum Gasteiger partial charge on any atom is -0.368 e. The Labute approximate surface area is 199 Å². The SMILES string of the molecule is CC(F)(F)[C@H]1C[C@@H](NC(=O)C(C)(C)N2CCCCC2)CN(c2ccc(C#N)c3ncccc23)C1. The molecule has 2 saturated heterocycles. The quantitative estimate of drug-likeness (QED) is 0.706. The molecule has 6 nitrogen and oxygen atoms in total. The molecule has 4 rings (SSSR count). The van der Waals surface area contributed by atoms with Crippen LogP contribution in [0.15, 0.2) is 30.5 Å². The van der Waals surface area contributed by atoms with Crippen LogP contribution in [0, 0.1) is 17.2 Å². The van der Waals surface area contributed by atoms with Gasteiger partial charge >= 0.3 is 0 Å². The average molecular weight is 470 g/mol. The minimum atomic E-state index is -2.88. The number of likely N-dealkylation sites (tertiary alicyclic amines) is 1. The molecule has 3 heterocycles. The number of carbonyl (C=O) groups excluding carboxylic acids is 1. The van der Waals surface area contributed by atoms with Crippen molar-refractivity contribution in [2.45, 2.75) is 64.0 Å². The van der Waals surface area contributed by atoms with Crippen LogP contribution in [0.1, 0.15) is 52.0 Å². The summed E-state index contributed by atoms with van der Waals surface area (Å²) in [5, 5.41) is 13.3. The lowest BCUT2D eigenvalue weighted by Crippen LogP contribution is -2.61. The topological polar surface area (TPSA) is 72.3 Å². The number of nitrogens with one attached hydrogen (secondary N) is 1. The molecule has 0 radical (unpaired) electrons. The summed E-state index contributed by atoms with van der Waals surface area (Å²) >= 11 is 0. The van der Waals surface area contributed by atoms with E-state index in [0.29, 0.717) is 17.6 Å². The van der Waals surface area contributed by atoms with Crippen molar-refractivity contribution in [3.8, 4) is 6.07 Å². The van der Waals surface area contributed by atoms with E-state index in [0.717, 1.165) is 43.9 Å². The number of halogens is 2. The fourth-order valence-corrected chi connectivity index (χ4v) is 5.25.